The molecule has 2 aromatic heterocycles. The highest BCUT2D eigenvalue weighted by Gasteiger charge is 2.14. The number of hydrogen-bond donors (Lipinski definition) is 3. The Kier molecular flexibility index (Phi) is 10.7. The summed E-state index contributed by atoms with van der Waals surface area (Å²) in [5.41, 5.74) is 5.51. The van der Waals surface area contributed by atoms with Gasteiger partial charge in [-0.15, -0.1) is 20.4 Å². The van der Waals surface area contributed by atoms with Crippen LogP contribution in [0, 0.1) is 0 Å². The van der Waals surface area contributed by atoms with Crippen LogP contribution in [0.3, 0.4) is 0 Å². The number of rotatable bonds is 13. The van der Waals surface area contributed by atoms with Crippen LogP contribution in [0.4, 0.5) is 11.1 Å². The number of nitrogens with one attached hydrogen (secondary N) is 2. The van der Waals surface area contributed by atoms with E-state index in [2.05, 4.69) is 36.2 Å². The molecular formula is C27H23Cl2N9O2S3. The fraction of sp³-hybridized carbons (Fsp3) is 0.111. The second-order valence-corrected chi connectivity index (χ2v) is 12.6. The van der Waals surface area contributed by atoms with Crippen molar-refractivity contribution < 1.29 is 9.53 Å². The number of thioether (sulfide) groups is 2. The number of benzene rings is 3. The summed E-state index contributed by atoms with van der Waals surface area (Å²) in [5, 5.41) is 25.2. The van der Waals surface area contributed by atoms with Crippen molar-refractivity contribution in [3.8, 4) is 5.75 Å². The number of nitrogens with two attached hydrogens (primary N) is 1. The van der Waals surface area contributed by atoms with Crippen LogP contribution in [0.2, 0.25) is 10.0 Å². The largest absolute Gasteiger partial charge is 0.488 e. The quantitative estimate of drug-likeness (QED) is 0.0435. The second-order valence-electron chi connectivity index (χ2n) is 8.59. The van der Waals surface area contributed by atoms with Crippen LogP contribution in [0.15, 0.2) is 87.4 Å². The molecule has 0 fully saturated rings. The lowest BCUT2D eigenvalue weighted by Crippen LogP contribution is -2.16. The molecule has 16 heteroatoms. The molecule has 5 rings (SSSR count). The minimum absolute atomic E-state index is 0.0403. The topological polar surface area (TPSA) is 145 Å². The van der Waals surface area contributed by atoms with Gasteiger partial charge in [-0.05, 0) is 41.5 Å². The summed E-state index contributed by atoms with van der Waals surface area (Å²) in [4.78, 5) is 12.5. The molecule has 0 atom stereocenters. The van der Waals surface area contributed by atoms with Crippen molar-refractivity contribution in [1.29, 1.82) is 0 Å². The van der Waals surface area contributed by atoms with Crippen LogP contribution in [-0.4, -0.2) is 42.9 Å². The molecular weight excluding hydrogens is 649 g/mol. The third kappa shape index (κ3) is 8.84. The Morgan fingerprint density at radius 1 is 1.00 bits per heavy atom. The number of carbonyl (C=O) groups excluding carboxylic acids is 1. The maximum Gasteiger partial charge on any atom is 0.264 e. The number of aromatic nitrogens is 5. The van der Waals surface area contributed by atoms with Crippen LogP contribution >= 0.6 is 58.1 Å². The van der Waals surface area contributed by atoms with Gasteiger partial charge in [-0.1, -0.05) is 101 Å². The van der Waals surface area contributed by atoms with Crippen molar-refractivity contribution in [1.82, 2.24) is 25.1 Å². The first kappa shape index (κ1) is 30.6. The molecule has 0 saturated heterocycles. The van der Waals surface area contributed by atoms with Gasteiger partial charge in [0, 0.05) is 21.4 Å². The van der Waals surface area contributed by atoms with Crippen molar-refractivity contribution in [2.45, 2.75) is 21.9 Å². The Hall–Kier alpha value is -3.82. The van der Waals surface area contributed by atoms with Crippen molar-refractivity contribution in [2.24, 2.45) is 5.10 Å². The maximum absolute atomic E-state index is 12.5. The first-order valence-corrected chi connectivity index (χ1v) is 16.1. The summed E-state index contributed by atoms with van der Waals surface area (Å²) in [6.45, 7) is 0.378. The molecule has 5 aromatic rings. The molecule has 3 aromatic carbocycles. The van der Waals surface area contributed by atoms with E-state index in [4.69, 9.17) is 33.8 Å². The lowest BCUT2D eigenvalue weighted by molar-refractivity contribution is -0.113. The van der Waals surface area contributed by atoms with Crippen LogP contribution < -0.4 is 21.3 Å². The van der Waals surface area contributed by atoms with Crippen molar-refractivity contribution >= 4 is 81.3 Å². The molecule has 0 aliphatic carbocycles. The molecule has 220 valence electrons. The molecule has 0 unspecified atom stereocenters. The fourth-order valence-corrected chi connectivity index (χ4v) is 6.27. The SMILES string of the molecule is Nn1c(N/N=C/c2ccccc2OCc2ccc(Cl)cc2)nnc1SCC(=O)Nc1nnc(SCc2ccccc2Cl)s1. The average molecular weight is 673 g/mol. The number of halogens is 2. The fourth-order valence-electron chi connectivity index (χ4n) is 3.43. The van der Waals surface area contributed by atoms with E-state index in [1.165, 1.54) is 27.8 Å². The summed E-state index contributed by atoms with van der Waals surface area (Å²) in [6, 6.07) is 22.5. The van der Waals surface area contributed by atoms with Gasteiger partial charge in [-0.2, -0.15) is 5.10 Å². The standard InChI is InChI=1S/C27H23Cl2N9O2S3/c28-20-11-9-17(10-12-20)14-40-22-8-4-2-5-18(22)13-31-33-24-34-36-26(38(24)30)41-16-23(39)32-25-35-37-27(43-25)42-15-19-6-1-3-7-21(19)29/h1-13H,14-16,30H2,(H,33,34)(H,32,35,39)/b31-13+. The van der Waals surface area contributed by atoms with Gasteiger partial charge in [0.25, 0.3) is 5.95 Å². The van der Waals surface area contributed by atoms with Crippen LogP contribution in [0.25, 0.3) is 0 Å². The van der Waals surface area contributed by atoms with E-state index in [-0.39, 0.29) is 17.6 Å². The van der Waals surface area contributed by atoms with Gasteiger partial charge in [-0.25, -0.2) is 10.1 Å². The molecule has 0 aliphatic rings. The van der Waals surface area contributed by atoms with Gasteiger partial charge in [0.1, 0.15) is 12.4 Å². The number of amides is 1. The van der Waals surface area contributed by atoms with E-state index in [1.807, 2.05) is 72.8 Å². The van der Waals surface area contributed by atoms with Crippen LogP contribution in [-0.2, 0) is 17.2 Å². The second kappa shape index (κ2) is 15.1. The van der Waals surface area contributed by atoms with Crippen molar-refractivity contribution in [2.75, 3.05) is 22.3 Å². The minimum atomic E-state index is -0.283. The molecule has 0 radical (unpaired) electrons. The van der Waals surface area contributed by atoms with E-state index in [1.54, 1.807) is 6.21 Å². The Labute approximate surface area is 269 Å². The average Bonchev–Trinajstić information content (AvgIpc) is 3.61. The van der Waals surface area contributed by atoms with Crippen molar-refractivity contribution in [3.05, 3.63) is 99.5 Å². The van der Waals surface area contributed by atoms with Gasteiger partial charge in [0.2, 0.25) is 16.2 Å². The lowest BCUT2D eigenvalue weighted by Gasteiger charge is -2.09. The number of para-hydroxylation sites is 1. The van der Waals surface area contributed by atoms with Gasteiger partial charge in [-0.3, -0.25) is 10.1 Å². The third-order valence-electron chi connectivity index (χ3n) is 5.55. The van der Waals surface area contributed by atoms with E-state index in [0.29, 0.717) is 38.4 Å². The van der Waals surface area contributed by atoms with E-state index in [0.717, 1.165) is 32.8 Å². The molecule has 4 N–H and O–H groups in total. The van der Waals surface area contributed by atoms with Crippen molar-refractivity contribution in [3.63, 3.8) is 0 Å². The highest BCUT2D eigenvalue weighted by atomic mass is 35.5. The first-order chi connectivity index (χ1) is 20.9. The summed E-state index contributed by atoms with van der Waals surface area (Å²) in [7, 11) is 0. The number of anilines is 2. The zero-order chi connectivity index (χ0) is 30.0. The van der Waals surface area contributed by atoms with Gasteiger partial charge in [0.05, 0.1) is 12.0 Å². The maximum atomic E-state index is 12.5. The van der Waals surface area contributed by atoms with Gasteiger partial charge in [0.15, 0.2) is 4.34 Å². The normalized spacial score (nSPS) is 11.1. The van der Waals surface area contributed by atoms with E-state index in [9.17, 15) is 4.79 Å². The molecule has 1 amide bonds. The molecule has 0 spiro atoms. The third-order valence-corrected chi connectivity index (χ3v) is 9.14. The molecule has 0 bridgehead atoms. The predicted molar refractivity (Wildman–Crippen MR) is 174 cm³/mol. The van der Waals surface area contributed by atoms with Crippen LogP contribution in [0.5, 0.6) is 5.75 Å². The Morgan fingerprint density at radius 3 is 2.63 bits per heavy atom. The van der Waals surface area contributed by atoms with E-state index >= 15 is 0 Å². The van der Waals surface area contributed by atoms with Gasteiger partial charge >= 0.3 is 0 Å². The number of nitrogens with zero attached hydrogens (tertiary/aromatic N) is 6. The number of ether oxygens (including phenoxy) is 1. The Morgan fingerprint density at radius 2 is 1.79 bits per heavy atom. The molecule has 0 aliphatic heterocycles. The number of hydrogen-bond acceptors (Lipinski definition) is 12. The molecule has 2 heterocycles. The highest BCUT2D eigenvalue weighted by molar-refractivity contribution is 8.00. The van der Waals surface area contributed by atoms with Gasteiger partial charge < -0.3 is 10.6 Å². The summed E-state index contributed by atoms with van der Waals surface area (Å²) < 4.78 is 7.89. The summed E-state index contributed by atoms with van der Waals surface area (Å²) in [5.74, 6) is 7.36. The molecule has 43 heavy (non-hydrogen) atoms. The number of nitrogen functional groups attached to an aromatic ring is 1. The Bertz CT molecular complexity index is 1710. The van der Waals surface area contributed by atoms with Crippen LogP contribution in [0.1, 0.15) is 16.7 Å². The predicted octanol–water partition coefficient (Wildman–Crippen LogP) is 6.20. The summed E-state index contributed by atoms with van der Waals surface area (Å²) in [6.07, 6.45) is 1.59. The van der Waals surface area contributed by atoms with E-state index < -0.39 is 0 Å². The first-order valence-electron chi connectivity index (χ1n) is 12.5. The monoisotopic (exact) mass is 671 g/mol. The zero-order valence-electron chi connectivity index (χ0n) is 22.2. The molecule has 11 nitrogen and oxygen atoms in total. The molecule has 0 saturated carbocycles. The smallest absolute Gasteiger partial charge is 0.264 e. The minimum Gasteiger partial charge on any atom is -0.488 e. The zero-order valence-corrected chi connectivity index (χ0v) is 26.1. The number of hydrazone groups is 1. The summed E-state index contributed by atoms with van der Waals surface area (Å²) >= 11 is 16.1. The lowest BCUT2D eigenvalue weighted by atomic mass is 10.2. The highest BCUT2D eigenvalue weighted by Crippen LogP contribution is 2.30. The Balaban J connectivity index is 1.09. The number of carbonyl (C=O) groups is 1.